The molecule has 0 saturated carbocycles. The van der Waals surface area contributed by atoms with Gasteiger partial charge in [0, 0.05) is 10.7 Å². The molecule has 1 heterocycles. The summed E-state index contributed by atoms with van der Waals surface area (Å²) < 4.78 is 5.12. The van der Waals surface area contributed by atoms with Crippen molar-refractivity contribution in [2.24, 2.45) is 0 Å². The Hall–Kier alpha value is -3.06. The maximum Gasteiger partial charge on any atom is 0.325 e. The summed E-state index contributed by atoms with van der Waals surface area (Å²) >= 11 is 5.91. The van der Waals surface area contributed by atoms with Crippen LogP contribution in [0.3, 0.4) is 0 Å². The van der Waals surface area contributed by atoms with Gasteiger partial charge in [-0.2, -0.15) is 0 Å². The van der Waals surface area contributed by atoms with Crippen molar-refractivity contribution in [3.8, 4) is 5.75 Å². The first-order chi connectivity index (χ1) is 13.2. The van der Waals surface area contributed by atoms with Crippen molar-refractivity contribution in [2.45, 2.75) is 19.4 Å². The van der Waals surface area contributed by atoms with Gasteiger partial charge in [0.25, 0.3) is 5.91 Å². The third kappa shape index (κ3) is 3.66. The van der Waals surface area contributed by atoms with E-state index in [1.54, 1.807) is 63.4 Å². The Morgan fingerprint density at radius 3 is 2.50 bits per heavy atom. The number of halogens is 1. The quantitative estimate of drug-likeness (QED) is 0.754. The molecule has 2 aromatic rings. The molecule has 0 aromatic heterocycles. The smallest absolute Gasteiger partial charge is 0.325 e. The number of nitrogens with one attached hydrogen (secondary N) is 2. The molecular weight excluding hydrogens is 382 g/mol. The Balaban J connectivity index is 1.74. The molecule has 7 nitrogen and oxygen atoms in total. The van der Waals surface area contributed by atoms with Crippen LogP contribution in [0.1, 0.15) is 18.1 Å². The lowest BCUT2D eigenvalue weighted by atomic mass is 9.92. The van der Waals surface area contributed by atoms with Gasteiger partial charge < -0.3 is 15.4 Å². The molecule has 1 saturated heterocycles. The summed E-state index contributed by atoms with van der Waals surface area (Å²) in [6.45, 7) is 3.02. The van der Waals surface area contributed by atoms with Gasteiger partial charge in [0.2, 0.25) is 5.91 Å². The minimum Gasteiger partial charge on any atom is -0.497 e. The van der Waals surface area contributed by atoms with Gasteiger partial charge in [-0.15, -0.1) is 0 Å². The molecule has 2 aromatic carbocycles. The Morgan fingerprint density at radius 1 is 1.21 bits per heavy atom. The highest BCUT2D eigenvalue weighted by Crippen LogP contribution is 2.30. The Morgan fingerprint density at radius 2 is 1.89 bits per heavy atom. The summed E-state index contributed by atoms with van der Waals surface area (Å²) in [5.41, 5.74) is 0.698. The van der Waals surface area contributed by atoms with Crippen molar-refractivity contribution < 1.29 is 19.1 Å². The predicted octanol–water partition coefficient (Wildman–Crippen LogP) is 3.06. The van der Waals surface area contributed by atoms with Crippen molar-refractivity contribution in [2.75, 3.05) is 19.0 Å². The zero-order valence-electron chi connectivity index (χ0n) is 15.7. The molecule has 2 N–H and O–H groups in total. The van der Waals surface area contributed by atoms with E-state index in [1.165, 1.54) is 0 Å². The first-order valence-corrected chi connectivity index (χ1v) is 8.97. The largest absolute Gasteiger partial charge is 0.497 e. The number of hydrogen-bond donors (Lipinski definition) is 2. The third-order valence-electron chi connectivity index (χ3n) is 4.71. The van der Waals surface area contributed by atoms with Crippen molar-refractivity contribution in [1.29, 1.82) is 0 Å². The van der Waals surface area contributed by atoms with Crippen molar-refractivity contribution in [3.05, 3.63) is 58.6 Å². The van der Waals surface area contributed by atoms with Gasteiger partial charge in [0.05, 0.1) is 7.11 Å². The molecule has 1 atom stereocenters. The van der Waals surface area contributed by atoms with Gasteiger partial charge in [-0.3, -0.25) is 14.5 Å². The van der Waals surface area contributed by atoms with E-state index in [4.69, 9.17) is 16.3 Å². The molecule has 0 spiro atoms. The van der Waals surface area contributed by atoms with Gasteiger partial charge in [0.1, 0.15) is 17.8 Å². The van der Waals surface area contributed by atoms with Crippen LogP contribution in [0.15, 0.2) is 42.5 Å². The van der Waals surface area contributed by atoms with Crippen molar-refractivity contribution >= 4 is 35.1 Å². The molecule has 4 amide bonds. The molecule has 8 heteroatoms. The maximum absolute atomic E-state index is 12.9. The average Bonchev–Trinajstić information content (AvgIpc) is 2.88. The minimum atomic E-state index is -1.25. The minimum absolute atomic E-state index is 0.390. The standard InChI is InChI=1S/C20H20ClN3O4/c1-12-10-14(21)6-9-16(12)22-17(25)11-24-18(26)20(2,23-19(24)27)13-4-7-15(28-3)8-5-13/h4-10H,11H2,1-3H3,(H,22,25)(H,23,27)/t20-/m1/s1. The van der Waals surface area contributed by atoms with Gasteiger partial charge >= 0.3 is 6.03 Å². The molecule has 1 aliphatic heterocycles. The lowest BCUT2D eigenvalue weighted by Crippen LogP contribution is -2.42. The van der Waals surface area contributed by atoms with Gasteiger partial charge in [-0.05, 0) is 55.3 Å². The number of aryl methyl sites for hydroxylation is 1. The monoisotopic (exact) mass is 401 g/mol. The number of rotatable bonds is 5. The summed E-state index contributed by atoms with van der Waals surface area (Å²) in [4.78, 5) is 38.6. The first kappa shape index (κ1) is 19.7. The molecule has 1 fully saturated rings. The number of hydrogen-bond acceptors (Lipinski definition) is 4. The number of benzene rings is 2. The van der Waals surface area contributed by atoms with Crippen molar-refractivity contribution in [3.63, 3.8) is 0 Å². The zero-order chi connectivity index (χ0) is 20.5. The number of methoxy groups -OCH3 is 1. The van der Waals surface area contributed by atoms with Gasteiger partial charge in [0.15, 0.2) is 0 Å². The number of anilines is 1. The van der Waals surface area contributed by atoms with Crippen LogP contribution in [-0.2, 0) is 15.1 Å². The molecule has 1 aliphatic rings. The van der Waals surface area contributed by atoms with E-state index in [0.717, 1.165) is 10.5 Å². The van der Waals surface area contributed by atoms with Crippen LogP contribution in [-0.4, -0.2) is 36.4 Å². The van der Waals surface area contributed by atoms with Crippen LogP contribution in [0.2, 0.25) is 5.02 Å². The highest BCUT2D eigenvalue weighted by molar-refractivity contribution is 6.30. The summed E-state index contributed by atoms with van der Waals surface area (Å²) in [6.07, 6.45) is 0. The fraction of sp³-hybridized carbons (Fsp3) is 0.250. The Kier molecular flexibility index (Phi) is 5.29. The highest BCUT2D eigenvalue weighted by atomic mass is 35.5. The second-order valence-corrected chi connectivity index (χ2v) is 7.12. The van der Waals surface area contributed by atoms with Crippen LogP contribution < -0.4 is 15.4 Å². The average molecular weight is 402 g/mol. The fourth-order valence-electron chi connectivity index (χ4n) is 3.06. The highest BCUT2D eigenvalue weighted by Gasteiger charge is 2.49. The normalized spacial score (nSPS) is 18.8. The summed E-state index contributed by atoms with van der Waals surface area (Å²) in [7, 11) is 1.54. The zero-order valence-corrected chi connectivity index (χ0v) is 16.5. The van der Waals surface area contributed by atoms with Gasteiger partial charge in [-0.1, -0.05) is 23.7 Å². The molecule has 0 aliphatic carbocycles. The molecule has 0 bridgehead atoms. The van der Waals surface area contributed by atoms with Crippen LogP contribution in [0, 0.1) is 6.92 Å². The number of ether oxygens (including phenoxy) is 1. The molecule has 0 unspecified atom stereocenters. The van der Waals surface area contributed by atoms with E-state index < -0.39 is 29.9 Å². The Bertz CT molecular complexity index is 945. The number of carbonyl (C=O) groups is 3. The maximum atomic E-state index is 12.9. The van der Waals surface area contributed by atoms with Crippen LogP contribution in [0.4, 0.5) is 10.5 Å². The molecule has 28 heavy (non-hydrogen) atoms. The number of nitrogens with zero attached hydrogens (tertiary/aromatic N) is 1. The lowest BCUT2D eigenvalue weighted by Gasteiger charge is -2.22. The van der Waals surface area contributed by atoms with E-state index in [1.807, 2.05) is 0 Å². The molecule has 0 radical (unpaired) electrons. The lowest BCUT2D eigenvalue weighted by molar-refractivity contribution is -0.133. The predicted molar refractivity (Wildman–Crippen MR) is 105 cm³/mol. The molecule has 3 rings (SSSR count). The second-order valence-electron chi connectivity index (χ2n) is 6.68. The molecule has 146 valence electrons. The SMILES string of the molecule is COc1ccc([C@@]2(C)NC(=O)N(CC(=O)Nc3ccc(Cl)cc3C)C2=O)cc1. The Labute approximate surface area is 167 Å². The number of carbonyl (C=O) groups excluding carboxylic acids is 3. The van der Waals surface area contributed by atoms with Crippen molar-refractivity contribution in [1.82, 2.24) is 10.2 Å². The molecular formula is C20H20ClN3O4. The summed E-state index contributed by atoms with van der Waals surface area (Å²) in [5, 5.41) is 5.93. The fourth-order valence-corrected chi connectivity index (χ4v) is 3.29. The summed E-state index contributed by atoms with van der Waals surface area (Å²) in [6, 6.07) is 11.2. The van der Waals surface area contributed by atoms with Crippen LogP contribution >= 0.6 is 11.6 Å². The van der Waals surface area contributed by atoms with E-state index in [9.17, 15) is 14.4 Å². The van der Waals surface area contributed by atoms with Crippen LogP contribution in [0.5, 0.6) is 5.75 Å². The van der Waals surface area contributed by atoms with E-state index in [2.05, 4.69) is 10.6 Å². The topological polar surface area (TPSA) is 87.7 Å². The number of urea groups is 1. The van der Waals surface area contributed by atoms with E-state index >= 15 is 0 Å². The second kappa shape index (κ2) is 7.52. The summed E-state index contributed by atoms with van der Waals surface area (Å²) in [5.74, 6) is -0.336. The number of amides is 4. The van der Waals surface area contributed by atoms with Gasteiger partial charge in [-0.25, -0.2) is 4.79 Å². The van der Waals surface area contributed by atoms with E-state index in [0.29, 0.717) is 22.0 Å². The van der Waals surface area contributed by atoms with E-state index in [-0.39, 0.29) is 0 Å². The number of imide groups is 1. The first-order valence-electron chi connectivity index (χ1n) is 8.59. The van der Waals surface area contributed by atoms with Crippen LogP contribution in [0.25, 0.3) is 0 Å². The third-order valence-corrected chi connectivity index (χ3v) is 4.94.